The summed E-state index contributed by atoms with van der Waals surface area (Å²) in [7, 11) is -4.11. The molecule has 2 rings (SSSR count). The maximum absolute atomic E-state index is 13.1. The topological polar surface area (TPSA) is 99.6 Å². The minimum atomic E-state index is -4.11. The smallest absolute Gasteiger partial charge is 0.284 e. The van der Waals surface area contributed by atoms with E-state index in [1.165, 1.54) is 12.3 Å². The first-order chi connectivity index (χ1) is 11.8. The second kappa shape index (κ2) is 8.73. The number of pyridine rings is 1. The highest BCUT2D eigenvalue weighted by molar-refractivity contribution is 7.89. The molecule has 2 N–H and O–H groups in total. The molecule has 0 aliphatic carbocycles. The summed E-state index contributed by atoms with van der Waals surface area (Å²) in [6, 6.07) is 3.79. The van der Waals surface area contributed by atoms with Gasteiger partial charge in [0.25, 0.3) is 10.0 Å². The summed E-state index contributed by atoms with van der Waals surface area (Å²) in [4.78, 5) is 16.7. The lowest BCUT2D eigenvalue weighted by Crippen LogP contribution is -2.51. The number of aliphatic hydroxyl groups excluding tert-OH is 1. The Bertz CT molecular complexity index is 664. The summed E-state index contributed by atoms with van der Waals surface area (Å²) in [6.45, 7) is 4.91. The van der Waals surface area contributed by atoms with E-state index in [4.69, 9.17) is 0 Å². The Morgan fingerprint density at radius 1 is 1.44 bits per heavy atom. The monoisotopic (exact) mass is 369 g/mol. The fourth-order valence-electron chi connectivity index (χ4n) is 2.91. The number of carbonyl (C=O) groups excluding carboxylic acids is 1. The van der Waals surface area contributed by atoms with Crippen molar-refractivity contribution in [3.8, 4) is 0 Å². The highest BCUT2D eigenvalue weighted by Crippen LogP contribution is 2.24. The van der Waals surface area contributed by atoms with Crippen molar-refractivity contribution in [3.63, 3.8) is 0 Å². The Balaban J connectivity index is 2.39. The highest BCUT2D eigenvalue weighted by atomic mass is 32.2. The molecule has 2 atom stereocenters. The average Bonchev–Trinajstić information content (AvgIpc) is 2.79. The van der Waals surface area contributed by atoms with Crippen LogP contribution in [-0.2, 0) is 14.8 Å². The minimum absolute atomic E-state index is 0.125. The number of hydrogen-bond donors (Lipinski definition) is 2. The van der Waals surface area contributed by atoms with Crippen molar-refractivity contribution in [2.45, 2.75) is 56.7 Å². The number of aromatic nitrogens is 1. The van der Waals surface area contributed by atoms with E-state index in [1.807, 2.05) is 13.8 Å². The zero-order valence-corrected chi connectivity index (χ0v) is 15.6. The van der Waals surface area contributed by atoms with Crippen LogP contribution in [0.1, 0.15) is 39.5 Å². The molecular formula is C17H27N3O4S. The average molecular weight is 369 g/mol. The van der Waals surface area contributed by atoms with E-state index < -0.39 is 28.1 Å². The summed E-state index contributed by atoms with van der Waals surface area (Å²) in [5.41, 5.74) is 0. The van der Waals surface area contributed by atoms with Gasteiger partial charge in [-0.25, -0.2) is 9.29 Å². The molecule has 0 bridgehead atoms. The Morgan fingerprint density at radius 2 is 2.20 bits per heavy atom. The van der Waals surface area contributed by atoms with Crippen LogP contribution in [-0.4, -0.2) is 54.0 Å². The fraction of sp³-hybridized carbons (Fsp3) is 0.647. The van der Waals surface area contributed by atoms with Crippen molar-refractivity contribution in [1.29, 1.82) is 0 Å². The van der Waals surface area contributed by atoms with Crippen molar-refractivity contribution in [1.82, 2.24) is 14.6 Å². The van der Waals surface area contributed by atoms with E-state index >= 15 is 0 Å². The van der Waals surface area contributed by atoms with Crippen molar-refractivity contribution < 1.29 is 18.3 Å². The third kappa shape index (κ3) is 4.99. The van der Waals surface area contributed by atoms with Crippen molar-refractivity contribution >= 4 is 15.9 Å². The molecule has 0 aromatic carbocycles. The van der Waals surface area contributed by atoms with Gasteiger partial charge in [0, 0.05) is 19.2 Å². The molecule has 7 nitrogen and oxygen atoms in total. The maximum Gasteiger partial charge on any atom is 0.284 e. The first-order valence-electron chi connectivity index (χ1n) is 8.71. The van der Waals surface area contributed by atoms with Crippen LogP contribution in [0.25, 0.3) is 0 Å². The van der Waals surface area contributed by atoms with Gasteiger partial charge in [-0.15, -0.1) is 0 Å². The number of nitrogens with zero attached hydrogens (tertiary/aromatic N) is 2. The number of nitrogens with one attached hydrogen (secondary N) is 1. The first-order valence-corrected chi connectivity index (χ1v) is 10.1. The standard InChI is InChI=1S/C17H27N3O4S/c1-13(2)8-9-17(22)20(14-6-5-10-18-12-15(14)21)25(23,24)16-7-3-4-11-19-16/h3-4,7,11,13-15,18,21H,5-6,8-10,12H2,1-2H3/t14?,15-/m0/s1. The van der Waals surface area contributed by atoms with Gasteiger partial charge in [0.05, 0.1) is 12.1 Å². The van der Waals surface area contributed by atoms with E-state index in [-0.39, 0.29) is 23.9 Å². The third-order valence-electron chi connectivity index (χ3n) is 4.29. The molecule has 1 aromatic rings. The highest BCUT2D eigenvalue weighted by Gasteiger charge is 2.39. The Kier molecular flexibility index (Phi) is 6.92. The number of amides is 1. The van der Waals surface area contributed by atoms with Gasteiger partial charge in [-0.1, -0.05) is 19.9 Å². The van der Waals surface area contributed by atoms with Gasteiger partial charge in [-0.2, -0.15) is 8.42 Å². The minimum Gasteiger partial charge on any atom is -0.390 e. The number of sulfonamides is 1. The largest absolute Gasteiger partial charge is 0.390 e. The molecule has 0 radical (unpaired) electrons. The van der Waals surface area contributed by atoms with Crippen molar-refractivity contribution in [2.24, 2.45) is 5.92 Å². The Labute approximate surface area is 149 Å². The second-order valence-electron chi connectivity index (χ2n) is 6.78. The lowest BCUT2D eigenvalue weighted by atomic mass is 10.0. The molecule has 1 aromatic heterocycles. The number of β-amino-alcohol motifs (C(OH)–C–C–N with tert-alkyl or cyclic N) is 1. The van der Waals surface area contributed by atoms with Gasteiger partial charge in [0.2, 0.25) is 5.91 Å². The molecule has 140 valence electrons. The van der Waals surface area contributed by atoms with Crippen LogP contribution in [0.15, 0.2) is 29.4 Å². The predicted octanol–water partition coefficient (Wildman–Crippen LogP) is 1.15. The van der Waals surface area contributed by atoms with E-state index in [1.54, 1.807) is 12.1 Å². The van der Waals surface area contributed by atoms with Crippen LogP contribution in [0.4, 0.5) is 0 Å². The summed E-state index contributed by atoms with van der Waals surface area (Å²) in [5, 5.41) is 13.3. The molecule has 1 saturated heterocycles. The third-order valence-corrected chi connectivity index (χ3v) is 6.06. The van der Waals surface area contributed by atoms with Gasteiger partial charge < -0.3 is 10.4 Å². The molecule has 1 fully saturated rings. The number of hydrogen-bond acceptors (Lipinski definition) is 6. The van der Waals surface area contributed by atoms with Gasteiger partial charge in [-0.05, 0) is 43.9 Å². The summed E-state index contributed by atoms with van der Waals surface area (Å²) < 4.78 is 27.1. The molecule has 2 heterocycles. The van der Waals surface area contributed by atoms with Gasteiger partial charge in [0.15, 0.2) is 5.03 Å². The molecule has 25 heavy (non-hydrogen) atoms. The van der Waals surface area contributed by atoms with Crippen LogP contribution in [0, 0.1) is 5.92 Å². The van der Waals surface area contributed by atoms with E-state index in [2.05, 4.69) is 10.3 Å². The molecule has 1 aliphatic heterocycles. The molecule has 1 aliphatic rings. The van der Waals surface area contributed by atoms with Crippen LogP contribution in [0.5, 0.6) is 0 Å². The van der Waals surface area contributed by atoms with E-state index in [0.29, 0.717) is 25.8 Å². The Morgan fingerprint density at radius 3 is 2.84 bits per heavy atom. The Hall–Kier alpha value is -1.51. The first kappa shape index (κ1) is 19.8. The van der Waals surface area contributed by atoms with Crippen LogP contribution < -0.4 is 5.32 Å². The number of carbonyl (C=O) groups is 1. The molecule has 0 spiro atoms. The van der Waals surface area contributed by atoms with Crippen molar-refractivity contribution in [2.75, 3.05) is 13.1 Å². The van der Waals surface area contributed by atoms with Gasteiger partial charge in [-0.3, -0.25) is 4.79 Å². The summed E-state index contributed by atoms with van der Waals surface area (Å²) >= 11 is 0. The molecule has 1 amide bonds. The lowest BCUT2D eigenvalue weighted by molar-refractivity contribution is -0.130. The van der Waals surface area contributed by atoms with Crippen LogP contribution >= 0.6 is 0 Å². The molecular weight excluding hydrogens is 342 g/mol. The normalized spacial score (nSPS) is 21.8. The zero-order valence-electron chi connectivity index (χ0n) is 14.8. The summed E-state index contributed by atoms with van der Waals surface area (Å²) in [5.74, 6) is -0.200. The van der Waals surface area contributed by atoms with Crippen LogP contribution in [0.2, 0.25) is 0 Å². The van der Waals surface area contributed by atoms with E-state index in [9.17, 15) is 18.3 Å². The van der Waals surface area contributed by atoms with Crippen molar-refractivity contribution in [3.05, 3.63) is 24.4 Å². The summed E-state index contributed by atoms with van der Waals surface area (Å²) in [6.07, 6.45) is 2.27. The predicted molar refractivity (Wildman–Crippen MR) is 94.2 cm³/mol. The van der Waals surface area contributed by atoms with Gasteiger partial charge >= 0.3 is 0 Å². The lowest BCUT2D eigenvalue weighted by Gasteiger charge is -2.33. The molecule has 8 heteroatoms. The molecule has 1 unspecified atom stereocenters. The zero-order chi connectivity index (χ0) is 18.4. The molecule has 0 saturated carbocycles. The second-order valence-corrected chi connectivity index (χ2v) is 8.54. The number of aliphatic hydroxyl groups is 1. The van der Waals surface area contributed by atoms with E-state index in [0.717, 1.165) is 4.31 Å². The van der Waals surface area contributed by atoms with Crippen LogP contribution in [0.3, 0.4) is 0 Å². The maximum atomic E-state index is 13.1. The SMILES string of the molecule is CC(C)CCC(=O)N(C1CCCNC[C@@H]1O)S(=O)(=O)c1ccccn1. The number of rotatable bonds is 6. The quantitative estimate of drug-likeness (QED) is 0.780. The fourth-order valence-corrected chi connectivity index (χ4v) is 4.52. The van der Waals surface area contributed by atoms with Gasteiger partial charge in [0.1, 0.15) is 0 Å².